The molecule has 5 heteroatoms. The molecule has 114 valence electrons. The number of ether oxygens (including phenoxy) is 1. The Hall–Kier alpha value is -1.46. The highest BCUT2D eigenvalue weighted by molar-refractivity contribution is 5.32. The molecule has 1 spiro atoms. The molecule has 5 nitrogen and oxygen atoms in total. The predicted octanol–water partition coefficient (Wildman–Crippen LogP) is 3.18. The first-order valence-electron chi connectivity index (χ1n) is 7.79. The van der Waals surface area contributed by atoms with Gasteiger partial charge in [-0.1, -0.05) is 25.0 Å². The van der Waals surface area contributed by atoms with Gasteiger partial charge in [0.25, 0.3) is 5.69 Å². The number of benzene rings is 1. The molecule has 2 fully saturated rings. The molecule has 1 heterocycles. The fraction of sp³-hybridized carbons (Fsp3) is 0.625. The van der Waals surface area contributed by atoms with Crippen LogP contribution in [0, 0.1) is 10.1 Å². The molecule has 0 amide bonds. The maximum absolute atomic E-state index is 10.6. The number of rotatable bonds is 5. The standard InChI is InChI=1S/C16H22N2O3/c19-18(20)14-5-3-13(4-6-14)11-17-12-15-7-10-16(21-15)8-1-2-9-16/h3-6,15,17H,1-2,7-12H2. The summed E-state index contributed by atoms with van der Waals surface area (Å²) in [6.45, 7) is 1.59. The Balaban J connectivity index is 1.43. The van der Waals surface area contributed by atoms with Gasteiger partial charge in [-0.2, -0.15) is 0 Å². The zero-order valence-electron chi connectivity index (χ0n) is 12.2. The van der Waals surface area contributed by atoms with Crippen molar-refractivity contribution in [2.24, 2.45) is 0 Å². The molecule has 1 aliphatic carbocycles. The van der Waals surface area contributed by atoms with Gasteiger partial charge in [0.05, 0.1) is 16.6 Å². The summed E-state index contributed by atoms with van der Waals surface area (Å²) < 4.78 is 6.25. The van der Waals surface area contributed by atoms with E-state index in [9.17, 15) is 10.1 Å². The smallest absolute Gasteiger partial charge is 0.269 e. The molecular formula is C16H22N2O3. The van der Waals surface area contributed by atoms with Crippen molar-refractivity contribution in [1.29, 1.82) is 0 Å². The van der Waals surface area contributed by atoms with Crippen LogP contribution in [-0.2, 0) is 11.3 Å². The van der Waals surface area contributed by atoms with Crippen molar-refractivity contribution in [2.45, 2.75) is 56.8 Å². The molecule has 1 aliphatic heterocycles. The number of nitrogens with zero attached hydrogens (tertiary/aromatic N) is 1. The highest BCUT2D eigenvalue weighted by atomic mass is 16.6. The summed E-state index contributed by atoms with van der Waals surface area (Å²) in [5.74, 6) is 0. The molecule has 0 bridgehead atoms. The van der Waals surface area contributed by atoms with Crippen LogP contribution in [0.25, 0.3) is 0 Å². The van der Waals surface area contributed by atoms with Gasteiger partial charge in [0.2, 0.25) is 0 Å². The topological polar surface area (TPSA) is 64.4 Å². The zero-order chi connectivity index (χ0) is 14.7. The highest BCUT2D eigenvalue weighted by Crippen LogP contribution is 2.43. The molecule has 3 rings (SSSR count). The number of nitrogens with one attached hydrogen (secondary N) is 1. The van der Waals surface area contributed by atoms with Gasteiger partial charge in [0.15, 0.2) is 0 Å². The molecule has 1 aromatic carbocycles. The van der Waals surface area contributed by atoms with Gasteiger partial charge in [0, 0.05) is 25.2 Å². The Bertz CT molecular complexity index is 495. The van der Waals surface area contributed by atoms with E-state index in [1.165, 1.54) is 32.1 Å². The predicted molar refractivity (Wildman–Crippen MR) is 80.1 cm³/mol. The van der Waals surface area contributed by atoms with Gasteiger partial charge in [-0.3, -0.25) is 10.1 Å². The third kappa shape index (κ3) is 3.41. The van der Waals surface area contributed by atoms with Crippen molar-refractivity contribution in [2.75, 3.05) is 6.54 Å². The molecule has 1 aromatic rings. The molecule has 1 saturated carbocycles. The van der Waals surface area contributed by atoms with Gasteiger partial charge in [-0.15, -0.1) is 0 Å². The molecular weight excluding hydrogens is 268 g/mol. The van der Waals surface area contributed by atoms with Gasteiger partial charge >= 0.3 is 0 Å². The van der Waals surface area contributed by atoms with E-state index in [2.05, 4.69) is 5.32 Å². The van der Waals surface area contributed by atoms with E-state index in [0.717, 1.165) is 25.1 Å². The van der Waals surface area contributed by atoms with Crippen molar-refractivity contribution in [3.8, 4) is 0 Å². The normalized spacial score (nSPS) is 23.7. The molecule has 1 atom stereocenters. The number of non-ortho nitro benzene ring substituents is 1. The van der Waals surface area contributed by atoms with Crippen LogP contribution in [0.4, 0.5) is 5.69 Å². The summed E-state index contributed by atoms with van der Waals surface area (Å²) in [6.07, 6.45) is 7.74. The van der Waals surface area contributed by atoms with E-state index < -0.39 is 0 Å². The van der Waals surface area contributed by atoms with E-state index in [-0.39, 0.29) is 16.2 Å². The van der Waals surface area contributed by atoms with E-state index in [1.807, 2.05) is 0 Å². The Kier molecular flexibility index (Phi) is 4.22. The fourth-order valence-corrected chi connectivity index (χ4v) is 3.54. The van der Waals surface area contributed by atoms with Crippen molar-refractivity contribution < 1.29 is 9.66 Å². The Labute approximate surface area is 124 Å². The van der Waals surface area contributed by atoms with Crippen molar-refractivity contribution >= 4 is 5.69 Å². The average molecular weight is 290 g/mol. The second-order valence-electron chi connectivity index (χ2n) is 6.22. The van der Waals surface area contributed by atoms with E-state index in [1.54, 1.807) is 24.3 Å². The minimum atomic E-state index is -0.370. The van der Waals surface area contributed by atoms with Gasteiger partial charge < -0.3 is 10.1 Å². The summed E-state index contributed by atoms with van der Waals surface area (Å²) >= 11 is 0. The largest absolute Gasteiger partial charge is 0.370 e. The Morgan fingerprint density at radius 2 is 1.95 bits per heavy atom. The Morgan fingerprint density at radius 3 is 2.62 bits per heavy atom. The number of hydrogen-bond acceptors (Lipinski definition) is 4. The van der Waals surface area contributed by atoms with Crippen LogP contribution < -0.4 is 5.32 Å². The lowest BCUT2D eigenvalue weighted by molar-refractivity contribution is -0.384. The lowest BCUT2D eigenvalue weighted by atomic mass is 9.98. The maximum Gasteiger partial charge on any atom is 0.269 e. The molecule has 1 saturated heterocycles. The average Bonchev–Trinajstić information content (AvgIpc) is 3.10. The third-order valence-corrected chi connectivity index (χ3v) is 4.70. The minimum Gasteiger partial charge on any atom is -0.370 e. The third-order valence-electron chi connectivity index (χ3n) is 4.70. The van der Waals surface area contributed by atoms with Crippen molar-refractivity contribution in [3.05, 3.63) is 39.9 Å². The SMILES string of the molecule is O=[N+]([O-])c1ccc(CNCC2CCC3(CCCC3)O2)cc1. The van der Waals surface area contributed by atoms with Crippen LogP contribution in [0.1, 0.15) is 44.1 Å². The molecule has 1 unspecified atom stereocenters. The minimum absolute atomic E-state index is 0.140. The summed E-state index contributed by atoms with van der Waals surface area (Å²) in [4.78, 5) is 10.2. The zero-order valence-corrected chi connectivity index (χ0v) is 12.2. The van der Waals surface area contributed by atoms with E-state index >= 15 is 0 Å². The van der Waals surface area contributed by atoms with Crippen LogP contribution in [0.3, 0.4) is 0 Å². The van der Waals surface area contributed by atoms with Gasteiger partial charge in [-0.25, -0.2) is 0 Å². The Morgan fingerprint density at radius 1 is 1.24 bits per heavy atom. The van der Waals surface area contributed by atoms with Crippen LogP contribution >= 0.6 is 0 Å². The fourth-order valence-electron chi connectivity index (χ4n) is 3.54. The van der Waals surface area contributed by atoms with Crippen LogP contribution in [0.2, 0.25) is 0 Å². The van der Waals surface area contributed by atoms with Crippen LogP contribution in [-0.4, -0.2) is 23.2 Å². The van der Waals surface area contributed by atoms with Crippen molar-refractivity contribution in [1.82, 2.24) is 5.32 Å². The highest BCUT2D eigenvalue weighted by Gasteiger charge is 2.41. The summed E-state index contributed by atoms with van der Waals surface area (Å²) in [7, 11) is 0. The first-order valence-corrected chi connectivity index (χ1v) is 7.79. The van der Waals surface area contributed by atoms with Crippen molar-refractivity contribution in [3.63, 3.8) is 0 Å². The van der Waals surface area contributed by atoms with Gasteiger partial charge in [-0.05, 0) is 31.2 Å². The maximum atomic E-state index is 10.6. The summed E-state index contributed by atoms with van der Waals surface area (Å²) in [5.41, 5.74) is 1.40. The van der Waals surface area contributed by atoms with E-state index in [4.69, 9.17) is 4.74 Å². The van der Waals surface area contributed by atoms with Crippen LogP contribution in [0.5, 0.6) is 0 Å². The molecule has 1 N–H and O–H groups in total. The number of hydrogen-bond donors (Lipinski definition) is 1. The first kappa shape index (κ1) is 14.5. The lowest BCUT2D eigenvalue weighted by Crippen LogP contribution is -2.30. The lowest BCUT2D eigenvalue weighted by Gasteiger charge is -2.23. The van der Waals surface area contributed by atoms with Crippen LogP contribution in [0.15, 0.2) is 24.3 Å². The quantitative estimate of drug-likeness (QED) is 0.668. The molecule has 0 aromatic heterocycles. The molecule has 2 aliphatic rings. The second-order valence-corrected chi connectivity index (χ2v) is 6.22. The first-order chi connectivity index (χ1) is 10.2. The molecule has 0 radical (unpaired) electrons. The monoisotopic (exact) mass is 290 g/mol. The number of nitro benzene ring substituents is 1. The number of nitro groups is 1. The molecule has 21 heavy (non-hydrogen) atoms. The van der Waals surface area contributed by atoms with Gasteiger partial charge in [0.1, 0.15) is 0 Å². The summed E-state index contributed by atoms with van der Waals surface area (Å²) in [6, 6.07) is 6.71. The van der Waals surface area contributed by atoms with E-state index in [0.29, 0.717) is 6.10 Å². The second kappa shape index (κ2) is 6.12. The summed E-state index contributed by atoms with van der Waals surface area (Å²) in [5, 5.41) is 14.0.